The van der Waals surface area contributed by atoms with Crippen LogP contribution in [0.25, 0.3) is 0 Å². The van der Waals surface area contributed by atoms with Crippen molar-refractivity contribution in [3.63, 3.8) is 0 Å². The summed E-state index contributed by atoms with van der Waals surface area (Å²) in [5.74, 6) is 0. The van der Waals surface area contributed by atoms with Gasteiger partial charge in [-0.1, -0.05) is 39.0 Å². The summed E-state index contributed by atoms with van der Waals surface area (Å²) in [7, 11) is 0. The van der Waals surface area contributed by atoms with Gasteiger partial charge in [0.05, 0.1) is 0 Å². The summed E-state index contributed by atoms with van der Waals surface area (Å²) < 4.78 is 0. The minimum Gasteiger partial charge on any atom is -0.295 e. The summed E-state index contributed by atoms with van der Waals surface area (Å²) in [6.45, 7) is 4.76. The standard InChI is InChI=1S/C15H29N/c1-3-4-5-6-9-14-11-12-15-10-7-8-13(2)16(14)15/h13-15H,3-12H2,1-2H3. The molecule has 2 rings (SSSR count). The van der Waals surface area contributed by atoms with Gasteiger partial charge in [0.1, 0.15) is 0 Å². The molecule has 0 aliphatic carbocycles. The van der Waals surface area contributed by atoms with E-state index in [-0.39, 0.29) is 0 Å². The molecule has 3 unspecified atom stereocenters. The molecular weight excluding hydrogens is 194 g/mol. The molecule has 94 valence electrons. The average molecular weight is 223 g/mol. The molecule has 0 aromatic carbocycles. The van der Waals surface area contributed by atoms with Crippen molar-refractivity contribution in [2.45, 2.75) is 96.2 Å². The van der Waals surface area contributed by atoms with Gasteiger partial charge in [-0.2, -0.15) is 0 Å². The van der Waals surface area contributed by atoms with Crippen LogP contribution in [-0.4, -0.2) is 23.0 Å². The second kappa shape index (κ2) is 6.05. The first-order valence-corrected chi connectivity index (χ1v) is 7.60. The number of unbranched alkanes of at least 4 members (excludes halogenated alkanes) is 3. The van der Waals surface area contributed by atoms with E-state index in [4.69, 9.17) is 0 Å². The van der Waals surface area contributed by atoms with E-state index in [1.54, 1.807) is 0 Å². The SMILES string of the molecule is CCCCCCC1CCC2CCCC(C)N12. The van der Waals surface area contributed by atoms with Crippen molar-refractivity contribution < 1.29 is 0 Å². The fourth-order valence-electron chi connectivity index (χ4n) is 3.89. The highest BCUT2D eigenvalue weighted by Gasteiger charge is 2.37. The summed E-state index contributed by atoms with van der Waals surface area (Å²) in [5.41, 5.74) is 0. The maximum absolute atomic E-state index is 2.88. The van der Waals surface area contributed by atoms with E-state index >= 15 is 0 Å². The lowest BCUT2D eigenvalue weighted by molar-refractivity contribution is 0.0872. The van der Waals surface area contributed by atoms with Crippen LogP contribution in [-0.2, 0) is 0 Å². The number of piperidine rings is 1. The van der Waals surface area contributed by atoms with Gasteiger partial charge in [-0.15, -0.1) is 0 Å². The van der Waals surface area contributed by atoms with E-state index in [2.05, 4.69) is 18.7 Å². The van der Waals surface area contributed by atoms with Gasteiger partial charge in [-0.3, -0.25) is 4.90 Å². The van der Waals surface area contributed by atoms with Crippen molar-refractivity contribution in [2.24, 2.45) is 0 Å². The van der Waals surface area contributed by atoms with Crippen molar-refractivity contribution in [1.82, 2.24) is 4.90 Å². The summed E-state index contributed by atoms with van der Waals surface area (Å²) in [6, 6.07) is 2.77. The predicted octanol–water partition coefficient (Wildman–Crippen LogP) is 4.36. The molecule has 3 atom stereocenters. The Labute approximate surface area is 102 Å². The zero-order valence-electron chi connectivity index (χ0n) is 11.3. The first-order valence-electron chi connectivity index (χ1n) is 7.60. The highest BCUT2D eigenvalue weighted by atomic mass is 15.2. The molecule has 0 aromatic rings. The lowest BCUT2D eigenvalue weighted by atomic mass is 9.97. The van der Waals surface area contributed by atoms with E-state index in [9.17, 15) is 0 Å². The largest absolute Gasteiger partial charge is 0.295 e. The molecule has 1 nitrogen and oxygen atoms in total. The van der Waals surface area contributed by atoms with Crippen LogP contribution >= 0.6 is 0 Å². The Hall–Kier alpha value is -0.0400. The molecule has 0 bridgehead atoms. The Balaban J connectivity index is 1.77. The Bertz CT molecular complexity index is 202. The molecule has 16 heavy (non-hydrogen) atoms. The van der Waals surface area contributed by atoms with Gasteiger partial charge < -0.3 is 0 Å². The molecule has 0 radical (unpaired) electrons. The molecule has 0 amide bonds. The lowest BCUT2D eigenvalue weighted by Crippen LogP contribution is -2.45. The molecule has 0 spiro atoms. The molecule has 2 saturated heterocycles. The molecule has 0 saturated carbocycles. The van der Waals surface area contributed by atoms with Crippen LogP contribution in [0.1, 0.15) is 78.1 Å². The smallest absolute Gasteiger partial charge is 0.0102 e. The van der Waals surface area contributed by atoms with Crippen LogP contribution in [0.15, 0.2) is 0 Å². The van der Waals surface area contributed by atoms with Crippen molar-refractivity contribution >= 4 is 0 Å². The highest BCUT2D eigenvalue weighted by Crippen LogP contribution is 2.36. The van der Waals surface area contributed by atoms with Crippen molar-refractivity contribution in [3.8, 4) is 0 Å². The third-order valence-corrected chi connectivity index (χ3v) is 4.74. The van der Waals surface area contributed by atoms with Gasteiger partial charge in [-0.05, 0) is 39.0 Å². The van der Waals surface area contributed by atoms with Crippen LogP contribution in [0.4, 0.5) is 0 Å². The normalized spacial score (nSPS) is 35.2. The Morgan fingerprint density at radius 1 is 1.00 bits per heavy atom. The molecule has 2 heterocycles. The lowest BCUT2D eigenvalue weighted by Gasteiger charge is -2.39. The van der Waals surface area contributed by atoms with Crippen molar-refractivity contribution in [3.05, 3.63) is 0 Å². The van der Waals surface area contributed by atoms with Gasteiger partial charge in [0.2, 0.25) is 0 Å². The zero-order chi connectivity index (χ0) is 11.4. The van der Waals surface area contributed by atoms with E-state index in [0.29, 0.717) is 0 Å². The third kappa shape index (κ3) is 2.80. The number of hydrogen-bond donors (Lipinski definition) is 0. The number of fused-ring (bicyclic) bond motifs is 1. The molecule has 1 heteroatoms. The van der Waals surface area contributed by atoms with Gasteiger partial charge in [0.25, 0.3) is 0 Å². The van der Waals surface area contributed by atoms with Crippen LogP contribution in [0, 0.1) is 0 Å². The molecule has 2 aliphatic heterocycles. The maximum atomic E-state index is 2.88. The fraction of sp³-hybridized carbons (Fsp3) is 1.00. The topological polar surface area (TPSA) is 3.24 Å². The molecular formula is C15H29N. The van der Waals surface area contributed by atoms with Crippen LogP contribution in [0.3, 0.4) is 0 Å². The molecule has 2 fully saturated rings. The van der Waals surface area contributed by atoms with Crippen LogP contribution in [0.5, 0.6) is 0 Å². The van der Waals surface area contributed by atoms with Gasteiger partial charge in [-0.25, -0.2) is 0 Å². The average Bonchev–Trinajstić information content (AvgIpc) is 2.69. The summed E-state index contributed by atoms with van der Waals surface area (Å²) >= 11 is 0. The van der Waals surface area contributed by atoms with E-state index in [0.717, 1.165) is 18.1 Å². The third-order valence-electron chi connectivity index (χ3n) is 4.74. The van der Waals surface area contributed by atoms with Gasteiger partial charge in [0, 0.05) is 18.1 Å². The van der Waals surface area contributed by atoms with Crippen molar-refractivity contribution in [2.75, 3.05) is 0 Å². The first-order chi connectivity index (χ1) is 7.83. The number of rotatable bonds is 5. The number of hydrogen-bond acceptors (Lipinski definition) is 1. The van der Waals surface area contributed by atoms with E-state index < -0.39 is 0 Å². The molecule has 2 aliphatic rings. The summed E-state index contributed by atoms with van der Waals surface area (Å²) in [6.07, 6.45) is 14.6. The van der Waals surface area contributed by atoms with E-state index in [1.807, 2.05) is 0 Å². The Morgan fingerprint density at radius 3 is 2.69 bits per heavy atom. The van der Waals surface area contributed by atoms with Gasteiger partial charge >= 0.3 is 0 Å². The number of nitrogens with zero attached hydrogens (tertiary/aromatic N) is 1. The Morgan fingerprint density at radius 2 is 1.88 bits per heavy atom. The van der Waals surface area contributed by atoms with E-state index in [1.165, 1.54) is 64.2 Å². The van der Waals surface area contributed by atoms with Crippen LogP contribution in [0.2, 0.25) is 0 Å². The fourth-order valence-corrected chi connectivity index (χ4v) is 3.89. The second-order valence-corrected chi connectivity index (χ2v) is 5.96. The predicted molar refractivity (Wildman–Crippen MR) is 70.7 cm³/mol. The zero-order valence-corrected chi connectivity index (χ0v) is 11.3. The quantitative estimate of drug-likeness (QED) is 0.626. The molecule has 0 N–H and O–H groups in total. The second-order valence-electron chi connectivity index (χ2n) is 5.96. The minimum atomic E-state index is 0.873. The summed E-state index contributed by atoms with van der Waals surface area (Å²) in [4.78, 5) is 2.88. The molecule has 0 aromatic heterocycles. The minimum absolute atomic E-state index is 0.873. The van der Waals surface area contributed by atoms with Crippen molar-refractivity contribution in [1.29, 1.82) is 0 Å². The van der Waals surface area contributed by atoms with Gasteiger partial charge in [0.15, 0.2) is 0 Å². The first kappa shape index (κ1) is 12.4. The highest BCUT2D eigenvalue weighted by molar-refractivity contribution is 4.93. The summed E-state index contributed by atoms with van der Waals surface area (Å²) in [5, 5.41) is 0. The van der Waals surface area contributed by atoms with Crippen LogP contribution < -0.4 is 0 Å². The maximum Gasteiger partial charge on any atom is 0.0102 e. The monoisotopic (exact) mass is 223 g/mol. The Kier molecular flexibility index (Phi) is 4.69.